The molecule has 0 N–H and O–H groups in total. The molecule has 166 valence electrons. The van der Waals surface area contributed by atoms with Gasteiger partial charge in [0.15, 0.2) is 0 Å². The molecule has 0 aliphatic carbocycles. The fraction of sp³-hybridized carbons (Fsp3) is 0.407. The van der Waals surface area contributed by atoms with E-state index in [1.165, 1.54) is 0 Å². The van der Waals surface area contributed by atoms with Crippen LogP contribution in [0.4, 0.5) is 0 Å². The third kappa shape index (κ3) is 3.92. The third-order valence-corrected chi connectivity index (χ3v) is 7.17. The summed E-state index contributed by atoms with van der Waals surface area (Å²) in [7, 11) is 0. The SMILES string of the molecule is C[C@@H]1CCN(C(=O)C2CCN(C(=O)c3cccc4ccccc34)CC2)[C@@H](c2ccco2)C1. The zero-order valence-corrected chi connectivity index (χ0v) is 18.6. The minimum Gasteiger partial charge on any atom is -0.467 e. The molecule has 2 aromatic carbocycles. The van der Waals surface area contributed by atoms with Crippen molar-refractivity contribution in [2.24, 2.45) is 11.8 Å². The predicted octanol–water partition coefficient (Wildman–Crippen LogP) is 5.28. The van der Waals surface area contributed by atoms with Crippen molar-refractivity contribution in [3.05, 3.63) is 72.2 Å². The van der Waals surface area contributed by atoms with Crippen molar-refractivity contribution in [1.82, 2.24) is 9.80 Å². The van der Waals surface area contributed by atoms with Crippen LogP contribution in [0.2, 0.25) is 0 Å². The average Bonchev–Trinajstić information content (AvgIpc) is 3.38. The molecule has 32 heavy (non-hydrogen) atoms. The van der Waals surface area contributed by atoms with Crippen LogP contribution in [0.3, 0.4) is 0 Å². The second-order valence-corrected chi connectivity index (χ2v) is 9.29. The van der Waals surface area contributed by atoms with Gasteiger partial charge in [0.2, 0.25) is 5.91 Å². The van der Waals surface area contributed by atoms with Gasteiger partial charge in [0.05, 0.1) is 12.3 Å². The van der Waals surface area contributed by atoms with E-state index >= 15 is 0 Å². The molecular weight excluding hydrogens is 400 g/mol. The van der Waals surface area contributed by atoms with Crippen molar-refractivity contribution in [2.75, 3.05) is 19.6 Å². The van der Waals surface area contributed by atoms with Gasteiger partial charge >= 0.3 is 0 Å². The molecular formula is C27H30N2O3. The Morgan fingerprint density at radius 1 is 0.906 bits per heavy atom. The molecule has 5 rings (SSSR count). The number of rotatable bonds is 3. The first-order valence-corrected chi connectivity index (χ1v) is 11.7. The average molecular weight is 431 g/mol. The minimum atomic E-state index is -0.0302. The summed E-state index contributed by atoms with van der Waals surface area (Å²) in [5.41, 5.74) is 0.746. The van der Waals surface area contributed by atoms with Crippen molar-refractivity contribution >= 4 is 22.6 Å². The first-order valence-electron chi connectivity index (χ1n) is 11.7. The second kappa shape index (κ2) is 8.81. The summed E-state index contributed by atoms with van der Waals surface area (Å²) >= 11 is 0. The largest absolute Gasteiger partial charge is 0.467 e. The van der Waals surface area contributed by atoms with Crippen LogP contribution in [0.25, 0.3) is 10.8 Å². The number of nitrogens with zero attached hydrogens (tertiary/aromatic N) is 2. The Balaban J connectivity index is 1.27. The van der Waals surface area contributed by atoms with E-state index in [2.05, 4.69) is 6.92 Å². The molecule has 5 nitrogen and oxygen atoms in total. The molecule has 5 heteroatoms. The van der Waals surface area contributed by atoms with E-state index in [-0.39, 0.29) is 23.8 Å². The highest BCUT2D eigenvalue weighted by Gasteiger charge is 2.37. The maximum absolute atomic E-state index is 13.5. The van der Waals surface area contributed by atoms with E-state index in [0.29, 0.717) is 31.8 Å². The van der Waals surface area contributed by atoms with E-state index < -0.39 is 0 Å². The number of carbonyl (C=O) groups excluding carboxylic acids is 2. The molecule has 0 unspecified atom stereocenters. The van der Waals surface area contributed by atoms with Gasteiger partial charge in [-0.05, 0) is 60.6 Å². The standard InChI is InChI=1S/C27H30N2O3/c1-19-11-16-29(24(18-19)25-10-5-17-32-25)26(30)21-12-14-28(15-13-21)27(31)23-9-4-7-20-6-2-3-8-22(20)23/h2-10,17,19,21,24H,11-16,18H2,1H3/t19-,24-/m1/s1. The van der Waals surface area contributed by atoms with Crippen molar-refractivity contribution in [3.63, 3.8) is 0 Å². The number of fused-ring (bicyclic) bond motifs is 1. The number of carbonyl (C=O) groups is 2. The molecule has 0 saturated carbocycles. The summed E-state index contributed by atoms with van der Waals surface area (Å²) in [6.45, 7) is 4.26. The van der Waals surface area contributed by atoms with Crippen molar-refractivity contribution in [3.8, 4) is 0 Å². The lowest BCUT2D eigenvalue weighted by molar-refractivity contribution is -0.142. The van der Waals surface area contributed by atoms with Gasteiger partial charge in [0, 0.05) is 31.1 Å². The Kier molecular flexibility index (Phi) is 5.73. The summed E-state index contributed by atoms with van der Waals surface area (Å²) < 4.78 is 5.67. The summed E-state index contributed by atoms with van der Waals surface area (Å²) in [4.78, 5) is 30.7. The monoisotopic (exact) mass is 430 g/mol. The Bertz CT molecular complexity index is 1090. The predicted molar refractivity (Wildman–Crippen MR) is 124 cm³/mol. The Labute approximate surface area is 189 Å². The lowest BCUT2D eigenvalue weighted by Crippen LogP contribution is -2.47. The normalized spacial score (nSPS) is 22.3. The lowest BCUT2D eigenvalue weighted by Gasteiger charge is -2.41. The minimum absolute atomic E-state index is 0.0246. The maximum atomic E-state index is 13.5. The first-order chi connectivity index (χ1) is 15.6. The van der Waals surface area contributed by atoms with Crippen LogP contribution >= 0.6 is 0 Å². The second-order valence-electron chi connectivity index (χ2n) is 9.29. The number of hydrogen-bond donors (Lipinski definition) is 0. The van der Waals surface area contributed by atoms with Gasteiger partial charge in [-0.3, -0.25) is 9.59 Å². The highest BCUT2D eigenvalue weighted by Crippen LogP contribution is 2.36. The third-order valence-electron chi connectivity index (χ3n) is 7.17. The fourth-order valence-corrected chi connectivity index (χ4v) is 5.30. The van der Waals surface area contributed by atoms with Crippen LogP contribution in [0.5, 0.6) is 0 Å². The van der Waals surface area contributed by atoms with E-state index in [4.69, 9.17) is 4.42 Å². The van der Waals surface area contributed by atoms with E-state index in [0.717, 1.165) is 41.5 Å². The molecule has 1 aromatic heterocycles. The summed E-state index contributed by atoms with van der Waals surface area (Å²) in [6.07, 6.45) is 5.09. The van der Waals surface area contributed by atoms with Crippen molar-refractivity contribution in [2.45, 2.75) is 38.6 Å². The van der Waals surface area contributed by atoms with Gasteiger partial charge in [0.1, 0.15) is 5.76 Å². The molecule has 2 aliphatic heterocycles. The van der Waals surface area contributed by atoms with Crippen LogP contribution < -0.4 is 0 Å². The fourth-order valence-electron chi connectivity index (χ4n) is 5.30. The van der Waals surface area contributed by atoms with Crippen LogP contribution in [0.1, 0.15) is 54.8 Å². The molecule has 0 spiro atoms. The van der Waals surface area contributed by atoms with Gasteiger partial charge in [-0.15, -0.1) is 0 Å². The number of piperidine rings is 2. The number of likely N-dealkylation sites (tertiary alicyclic amines) is 2. The number of benzene rings is 2. The lowest BCUT2D eigenvalue weighted by atomic mass is 9.88. The van der Waals surface area contributed by atoms with Crippen LogP contribution in [0.15, 0.2) is 65.3 Å². The molecule has 0 bridgehead atoms. The maximum Gasteiger partial charge on any atom is 0.254 e. The Hall–Kier alpha value is -3.08. The highest BCUT2D eigenvalue weighted by atomic mass is 16.3. The highest BCUT2D eigenvalue weighted by molar-refractivity contribution is 6.07. The molecule has 2 fully saturated rings. The molecule has 2 amide bonds. The van der Waals surface area contributed by atoms with Crippen LogP contribution in [0, 0.1) is 11.8 Å². The van der Waals surface area contributed by atoms with Gasteiger partial charge in [-0.1, -0.05) is 43.3 Å². The zero-order chi connectivity index (χ0) is 22.1. The molecule has 0 radical (unpaired) electrons. The Morgan fingerprint density at radius 3 is 2.47 bits per heavy atom. The Morgan fingerprint density at radius 2 is 1.69 bits per heavy atom. The van der Waals surface area contributed by atoms with Crippen LogP contribution in [-0.4, -0.2) is 41.2 Å². The van der Waals surface area contributed by atoms with Gasteiger partial charge in [0.25, 0.3) is 5.91 Å². The topological polar surface area (TPSA) is 53.8 Å². The van der Waals surface area contributed by atoms with E-state index in [1.54, 1.807) is 6.26 Å². The summed E-state index contributed by atoms with van der Waals surface area (Å²) in [5, 5.41) is 2.06. The molecule has 3 aromatic rings. The summed E-state index contributed by atoms with van der Waals surface area (Å²) in [6, 6.07) is 17.8. The van der Waals surface area contributed by atoms with Gasteiger partial charge < -0.3 is 14.2 Å². The number of furan rings is 1. The zero-order valence-electron chi connectivity index (χ0n) is 18.6. The van der Waals surface area contributed by atoms with Crippen LogP contribution in [-0.2, 0) is 4.79 Å². The molecule has 2 atom stereocenters. The van der Waals surface area contributed by atoms with E-state index in [1.807, 2.05) is 64.4 Å². The van der Waals surface area contributed by atoms with Crippen molar-refractivity contribution in [1.29, 1.82) is 0 Å². The first kappa shape index (κ1) is 20.8. The van der Waals surface area contributed by atoms with Crippen molar-refractivity contribution < 1.29 is 14.0 Å². The molecule has 2 saturated heterocycles. The molecule has 3 heterocycles. The quantitative estimate of drug-likeness (QED) is 0.568. The number of hydrogen-bond acceptors (Lipinski definition) is 3. The van der Waals surface area contributed by atoms with Gasteiger partial charge in [-0.25, -0.2) is 0 Å². The van der Waals surface area contributed by atoms with E-state index in [9.17, 15) is 9.59 Å². The number of amides is 2. The molecule has 2 aliphatic rings. The smallest absolute Gasteiger partial charge is 0.254 e. The van der Waals surface area contributed by atoms with Gasteiger partial charge in [-0.2, -0.15) is 0 Å². The summed E-state index contributed by atoms with van der Waals surface area (Å²) in [5.74, 6) is 1.71.